The fourth-order valence-electron chi connectivity index (χ4n) is 1.08. The molecule has 0 spiro atoms. The summed E-state index contributed by atoms with van der Waals surface area (Å²) in [4.78, 5) is 6.14. The Bertz CT molecular complexity index is 406. The van der Waals surface area contributed by atoms with Crippen LogP contribution in [0.15, 0.2) is 21.5 Å². The summed E-state index contributed by atoms with van der Waals surface area (Å²) in [5.74, 6) is 0.513. The van der Waals surface area contributed by atoms with Crippen LogP contribution in [0.3, 0.4) is 0 Å². The molecule has 2 N–H and O–H groups in total. The SMILES string of the molecule is Cc1sc(C(N)c2ncon2)cc1Br. The van der Waals surface area contributed by atoms with Gasteiger partial charge >= 0.3 is 0 Å². The zero-order valence-electron chi connectivity index (χ0n) is 7.40. The molecule has 0 bridgehead atoms. The van der Waals surface area contributed by atoms with Crippen LogP contribution in [0.5, 0.6) is 0 Å². The summed E-state index contributed by atoms with van der Waals surface area (Å²) < 4.78 is 5.71. The monoisotopic (exact) mass is 273 g/mol. The van der Waals surface area contributed by atoms with E-state index in [-0.39, 0.29) is 6.04 Å². The highest BCUT2D eigenvalue weighted by molar-refractivity contribution is 9.10. The first-order valence-corrected chi connectivity index (χ1v) is 5.57. The van der Waals surface area contributed by atoms with Gasteiger partial charge in [0, 0.05) is 14.2 Å². The van der Waals surface area contributed by atoms with Gasteiger partial charge in [-0.3, -0.25) is 0 Å². The molecule has 0 saturated carbocycles. The lowest BCUT2D eigenvalue weighted by Crippen LogP contribution is -2.11. The maximum atomic E-state index is 5.95. The van der Waals surface area contributed by atoms with Crippen molar-refractivity contribution >= 4 is 27.3 Å². The van der Waals surface area contributed by atoms with Gasteiger partial charge in [0.2, 0.25) is 6.39 Å². The van der Waals surface area contributed by atoms with Gasteiger partial charge in [-0.15, -0.1) is 11.3 Å². The minimum absolute atomic E-state index is 0.302. The lowest BCUT2D eigenvalue weighted by Gasteiger charge is -2.01. The smallest absolute Gasteiger partial charge is 0.213 e. The fraction of sp³-hybridized carbons (Fsp3) is 0.250. The normalized spacial score (nSPS) is 13.1. The number of rotatable bonds is 2. The average Bonchev–Trinajstić information content (AvgIpc) is 2.76. The van der Waals surface area contributed by atoms with E-state index in [1.807, 2.05) is 13.0 Å². The van der Waals surface area contributed by atoms with Crippen LogP contribution in [0.1, 0.15) is 21.6 Å². The summed E-state index contributed by atoms with van der Waals surface area (Å²) in [6.45, 7) is 2.03. The van der Waals surface area contributed by atoms with E-state index in [1.165, 1.54) is 11.3 Å². The van der Waals surface area contributed by atoms with Gasteiger partial charge in [-0.25, -0.2) is 0 Å². The molecule has 2 aromatic rings. The van der Waals surface area contributed by atoms with E-state index in [2.05, 4.69) is 30.6 Å². The summed E-state index contributed by atoms with van der Waals surface area (Å²) in [6, 6.07) is 1.69. The van der Waals surface area contributed by atoms with Gasteiger partial charge in [0.1, 0.15) is 6.04 Å². The largest absolute Gasteiger partial charge is 0.343 e. The minimum atomic E-state index is -0.302. The Morgan fingerprint density at radius 1 is 1.64 bits per heavy atom. The summed E-state index contributed by atoms with van der Waals surface area (Å²) in [5.41, 5.74) is 5.95. The molecule has 0 radical (unpaired) electrons. The summed E-state index contributed by atoms with van der Waals surface area (Å²) in [5, 5.41) is 3.71. The molecular formula is C8H8BrN3OS. The number of hydrogen-bond donors (Lipinski definition) is 1. The van der Waals surface area contributed by atoms with Crippen molar-refractivity contribution in [2.75, 3.05) is 0 Å². The van der Waals surface area contributed by atoms with Gasteiger partial charge in [0.05, 0.1) is 0 Å². The number of aryl methyl sites for hydroxylation is 1. The van der Waals surface area contributed by atoms with Crippen LogP contribution in [-0.2, 0) is 0 Å². The first kappa shape index (κ1) is 9.82. The number of aromatic nitrogens is 2. The van der Waals surface area contributed by atoms with E-state index in [4.69, 9.17) is 5.73 Å². The summed E-state index contributed by atoms with van der Waals surface area (Å²) in [6.07, 6.45) is 1.28. The first-order valence-electron chi connectivity index (χ1n) is 3.96. The first-order chi connectivity index (χ1) is 6.68. The lowest BCUT2D eigenvalue weighted by molar-refractivity contribution is 0.407. The molecule has 6 heteroatoms. The van der Waals surface area contributed by atoms with Crippen LogP contribution < -0.4 is 5.73 Å². The molecule has 0 aliphatic heterocycles. The predicted molar refractivity (Wildman–Crippen MR) is 57.1 cm³/mol. The Balaban J connectivity index is 2.32. The number of halogens is 1. The summed E-state index contributed by atoms with van der Waals surface area (Å²) in [7, 11) is 0. The van der Waals surface area contributed by atoms with Crippen LogP contribution in [0.4, 0.5) is 0 Å². The molecule has 2 rings (SSSR count). The highest BCUT2D eigenvalue weighted by atomic mass is 79.9. The van der Waals surface area contributed by atoms with Gasteiger partial charge in [0.25, 0.3) is 0 Å². The fourth-order valence-corrected chi connectivity index (χ4v) is 2.64. The molecule has 74 valence electrons. The van der Waals surface area contributed by atoms with E-state index in [9.17, 15) is 0 Å². The van der Waals surface area contributed by atoms with Crippen molar-refractivity contribution < 1.29 is 4.52 Å². The molecule has 0 aliphatic rings. The summed E-state index contributed by atoms with van der Waals surface area (Å²) >= 11 is 5.07. The molecule has 0 amide bonds. The van der Waals surface area contributed by atoms with Crippen LogP contribution in [0.2, 0.25) is 0 Å². The Labute approximate surface area is 93.3 Å². The van der Waals surface area contributed by atoms with Crippen molar-refractivity contribution in [3.05, 3.63) is 32.5 Å². The van der Waals surface area contributed by atoms with Crippen LogP contribution in [0.25, 0.3) is 0 Å². The van der Waals surface area contributed by atoms with Gasteiger partial charge in [-0.2, -0.15) is 4.98 Å². The molecule has 14 heavy (non-hydrogen) atoms. The maximum Gasteiger partial charge on any atom is 0.213 e. The number of hydrogen-bond acceptors (Lipinski definition) is 5. The number of thiophene rings is 1. The lowest BCUT2D eigenvalue weighted by atomic mass is 10.2. The molecule has 0 fully saturated rings. The Morgan fingerprint density at radius 3 is 2.93 bits per heavy atom. The van der Waals surface area contributed by atoms with Crippen molar-refractivity contribution in [2.45, 2.75) is 13.0 Å². The van der Waals surface area contributed by atoms with E-state index in [0.717, 1.165) is 9.35 Å². The van der Waals surface area contributed by atoms with E-state index in [0.29, 0.717) is 5.82 Å². The molecule has 2 heterocycles. The van der Waals surface area contributed by atoms with Crippen LogP contribution in [0, 0.1) is 6.92 Å². The molecular weight excluding hydrogens is 266 g/mol. The second kappa shape index (κ2) is 3.80. The minimum Gasteiger partial charge on any atom is -0.343 e. The van der Waals surface area contributed by atoms with Crippen molar-refractivity contribution in [1.82, 2.24) is 10.1 Å². The molecule has 0 aliphatic carbocycles. The third-order valence-corrected chi connectivity index (χ3v) is 4.06. The van der Waals surface area contributed by atoms with E-state index >= 15 is 0 Å². The number of nitrogens with two attached hydrogens (primary N) is 1. The Hall–Kier alpha value is -0.720. The molecule has 1 atom stereocenters. The van der Waals surface area contributed by atoms with Crippen molar-refractivity contribution in [3.8, 4) is 0 Å². The molecule has 0 aromatic carbocycles. The standard InChI is InChI=1S/C8H8BrN3OS/c1-4-5(9)2-6(14-4)7(10)8-11-3-13-12-8/h2-3,7H,10H2,1H3. The zero-order chi connectivity index (χ0) is 10.1. The second-order valence-electron chi connectivity index (χ2n) is 2.82. The third-order valence-electron chi connectivity index (χ3n) is 1.84. The number of nitrogens with zero attached hydrogens (tertiary/aromatic N) is 2. The van der Waals surface area contributed by atoms with Crippen LogP contribution in [-0.4, -0.2) is 10.1 Å². The highest BCUT2D eigenvalue weighted by Crippen LogP contribution is 2.31. The molecule has 0 saturated heterocycles. The van der Waals surface area contributed by atoms with E-state index in [1.54, 1.807) is 11.3 Å². The van der Waals surface area contributed by atoms with Gasteiger partial charge in [0.15, 0.2) is 5.82 Å². The molecule has 1 unspecified atom stereocenters. The molecule has 2 aromatic heterocycles. The van der Waals surface area contributed by atoms with Gasteiger partial charge < -0.3 is 10.3 Å². The van der Waals surface area contributed by atoms with Crippen molar-refractivity contribution in [3.63, 3.8) is 0 Å². The third kappa shape index (κ3) is 1.73. The van der Waals surface area contributed by atoms with Crippen molar-refractivity contribution in [2.24, 2.45) is 5.73 Å². The van der Waals surface area contributed by atoms with Crippen molar-refractivity contribution in [1.29, 1.82) is 0 Å². The highest BCUT2D eigenvalue weighted by Gasteiger charge is 2.16. The van der Waals surface area contributed by atoms with Crippen LogP contribution >= 0.6 is 27.3 Å². The molecule has 4 nitrogen and oxygen atoms in total. The predicted octanol–water partition coefficient (Wildman–Crippen LogP) is 2.25. The average molecular weight is 274 g/mol. The Kier molecular flexibility index (Phi) is 2.66. The Morgan fingerprint density at radius 2 is 2.43 bits per heavy atom. The quantitative estimate of drug-likeness (QED) is 0.912. The zero-order valence-corrected chi connectivity index (χ0v) is 9.80. The van der Waals surface area contributed by atoms with Gasteiger partial charge in [-0.05, 0) is 28.9 Å². The maximum absolute atomic E-state index is 5.95. The second-order valence-corrected chi connectivity index (χ2v) is 4.96. The topological polar surface area (TPSA) is 64.9 Å². The van der Waals surface area contributed by atoms with Gasteiger partial charge in [-0.1, -0.05) is 5.16 Å². The van der Waals surface area contributed by atoms with E-state index < -0.39 is 0 Å².